The number of carbonyl (C=O) groups is 1. The van der Waals surface area contributed by atoms with E-state index in [0.29, 0.717) is 22.8 Å². The number of ether oxygens (including phenoxy) is 6. The Morgan fingerprint density at radius 3 is 2.33 bits per heavy atom. The Labute approximate surface area is 157 Å². The molecule has 2 aromatic rings. The fourth-order valence-corrected chi connectivity index (χ4v) is 2.88. The minimum atomic E-state index is -0.431. The standard InChI is InChI=1S/C20H22O7/c1-22-11-26-15-8-17-19(18(9-15)27-12-23-2)20(21)16(10-25-17)13-4-6-14(24-3)7-5-13/h4-9,16H,10-12H2,1-3H3. The molecule has 27 heavy (non-hydrogen) atoms. The first-order valence-corrected chi connectivity index (χ1v) is 8.40. The summed E-state index contributed by atoms with van der Waals surface area (Å²) in [5.41, 5.74) is 1.23. The van der Waals surface area contributed by atoms with Gasteiger partial charge < -0.3 is 28.4 Å². The van der Waals surface area contributed by atoms with Gasteiger partial charge in [-0.3, -0.25) is 4.79 Å². The number of carbonyl (C=O) groups excluding carboxylic acids is 1. The van der Waals surface area contributed by atoms with E-state index >= 15 is 0 Å². The van der Waals surface area contributed by atoms with Crippen LogP contribution >= 0.6 is 0 Å². The molecule has 1 unspecified atom stereocenters. The molecule has 1 aliphatic heterocycles. The van der Waals surface area contributed by atoms with E-state index in [2.05, 4.69) is 0 Å². The molecule has 1 aliphatic rings. The predicted molar refractivity (Wildman–Crippen MR) is 97.0 cm³/mol. The van der Waals surface area contributed by atoms with Crippen molar-refractivity contribution in [2.45, 2.75) is 5.92 Å². The van der Waals surface area contributed by atoms with Crippen LogP contribution in [0.3, 0.4) is 0 Å². The Balaban J connectivity index is 1.94. The van der Waals surface area contributed by atoms with Gasteiger partial charge in [0, 0.05) is 26.4 Å². The van der Waals surface area contributed by atoms with Crippen LogP contribution < -0.4 is 18.9 Å². The molecule has 7 heteroatoms. The van der Waals surface area contributed by atoms with Crippen molar-refractivity contribution >= 4 is 5.78 Å². The first-order chi connectivity index (χ1) is 13.2. The van der Waals surface area contributed by atoms with Crippen LogP contribution in [0.2, 0.25) is 0 Å². The van der Waals surface area contributed by atoms with E-state index in [1.807, 2.05) is 24.3 Å². The van der Waals surface area contributed by atoms with Gasteiger partial charge in [0.05, 0.1) is 13.0 Å². The maximum Gasteiger partial charge on any atom is 0.188 e. The third kappa shape index (κ3) is 4.15. The van der Waals surface area contributed by atoms with E-state index in [4.69, 9.17) is 28.4 Å². The van der Waals surface area contributed by atoms with Crippen molar-refractivity contribution < 1.29 is 33.2 Å². The molecule has 0 saturated heterocycles. The van der Waals surface area contributed by atoms with Crippen molar-refractivity contribution in [2.75, 3.05) is 41.5 Å². The highest BCUT2D eigenvalue weighted by Gasteiger charge is 2.34. The van der Waals surface area contributed by atoms with Crippen LogP contribution in [0.1, 0.15) is 21.8 Å². The number of benzene rings is 2. The first kappa shape index (κ1) is 19.0. The molecule has 0 bridgehead atoms. The molecular formula is C20H22O7. The summed E-state index contributed by atoms with van der Waals surface area (Å²) in [6.45, 7) is 0.307. The topological polar surface area (TPSA) is 72.5 Å². The largest absolute Gasteiger partial charge is 0.497 e. The van der Waals surface area contributed by atoms with Crippen LogP contribution in [-0.4, -0.2) is 47.3 Å². The molecule has 0 N–H and O–H groups in total. The van der Waals surface area contributed by atoms with Crippen molar-refractivity contribution in [2.24, 2.45) is 0 Å². The lowest BCUT2D eigenvalue weighted by atomic mass is 9.88. The Bertz CT molecular complexity index is 786. The van der Waals surface area contributed by atoms with Gasteiger partial charge in [-0.05, 0) is 17.7 Å². The Kier molecular flexibility index (Phi) is 6.16. The minimum Gasteiger partial charge on any atom is -0.497 e. The smallest absolute Gasteiger partial charge is 0.188 e. The van der Waals surface area contributed by atoms with Gasteiger partial charge in [0.1, 0.15) is 35.2 Å². The number of ketones is 1. The molecule has 0 saturated carbocycles. The molecule has 0 fully saturated rings. The molecule has 7 nitrogen and oxygen atoms in total. The first-order valence-electron chi connectivity index (χ1n) is 8.40. The zero-order chi connectivity index (χ0) is 19.2. The molecule has 0 amide bonds. The second-order valence-corrected chi connectivity index (χ2v) is 5.90. The number of methoxy groups -OCH3 is 3. The Morgan fingerprint density at radius 1 is 0.963 bits per heavy atom. The van der Waals surface area contributed by atoms with Gasteiger partial charge in [-0.15, -0.1) is 0 Å². The number of fused-ring (bicyclic) bond motifs is 1. The zero-order valence-corrected chi connectivity index (χ0v) is 15.5. The summed E-state index contributed by atoms with van der Waals surface area (Å²) < 4.78 is 32.0. The average molecular weight is 374 g/mol. The molecule has 144 valence electrons. The SMILES string of the molecule is COCOc1cc(OCOC)c2c(c1)OCC(c1ccc(OC)cc1)C2=O. The van der Waals surface area contributed by atoms with Crippen LogP contribution in [0.5, 0.6) is 23.0 Å². The lowest BCUT2D eigenvalue weighted by Gasteiger charge is -2.26. The van der Waals surface area contributed by atoms with Gasteiger partial charge in [0.2, 0.25) is 0 Å². The molecule has 0 aromatic heterocycles. The molecule has 1 atom stereocenters. The number of rotatable bonds is 8. The van der Waals surface area contributed by atoms with Crippen molar-refractivity contribution in [3.8, 4) is 23.0 Å². The van der Waals surface area contributed by atoms with Gasteiger partial charge in [0.15, 0.2) is 19.4 Å². The van der Waals surface area contributed by atoms with Crippen LogP contribution in [0, 0.1) is 0 Å². The summed E-state index contributed by atoms with van der Waals surface area (Å²) in [5, 5.41) is 0. The summed E-state index contributed by atoms with van der Waals surface area (Å²) in [5.74, 6) is 1.47. The van der Waals surface area contributed by atoms with Gasteiger partial charge in [-0.25, -0.2) is 0 Å². The summed E-state index contributed by atoms with van der Waals surface area (Å²) in [7, 11) is 4.64. The zero-order valence-electron chi connectivity index (χ0n) is 15.5. The van der Waals surface area contributed by atoms with E-state index in [1.54, 1.807) is 19.2 Å². The van der Waals surface area contributed by atoms with Gasteiger partial charge in [-0.1, -0.05) is 12.1 Å². The van der Waals surface area contributed by atoms with E-state index in [-0.39, 0.29) is 26.0 Å². The fraction of sp³-hybridized carbons (Fsp3) is 0.350. The summed E-state index contributed by atoms with van der Waals surface area (Å²) in [4.78, 5) is 13.2. The molecule has 0 aliphatic carbocycles. The average Bonchev–Trinajstić information content (AvgIpc) is 2.70. The molecule has 2 aromatic carbocycles. The minimum absolute atomic E-state index is 0.000648. The van der Waals surface area contributed by atoms with E-state index in [1.165, 1.54) is 14.2 Å². The highest BCUT2D eigenvalue weighted by atomic mass is 16.7. The van der Waals surface area contributed by atoms with E-state index in [9.17, 15) is 4.79 Å². The van der Waals surface area contributed by atoms with Crippen molar-refractivity contribution in [1.82, 2.24) is 0 Å². The number of Topliss-reactive ketones (excluding diaryl/α,β-unsaturated/α-hetero) is 1. The summed E-state index contributed by atoms with van der Waals surface area (Å²) >= 11 is 0. The maximum absolute atomic E-state index is 13.2. The molecule has 1 heterocycles. The van der Waals surface area contributed by atoms with Crippen LogP contribution in [0.15, 0.2) is 36.4 Å². The molecule has 3 rings (SSSR count). The third-order valence-electron chi connectivity index (χ3n) is 4.20. The van der Waals surface area contributed by atoms with Crippen molar-refractivity contribution in [3.63, 3.8) is 0 Å². The second kappa shape index (κ2) is 8.75. The van der Waals surface area contributed by atoms with Crippen molar-refractivity contribution in [1.29, 1.82) is 0 Å². The molecule has 0 radical (unpaired) electrons. The highest BCUT2D eigenvalue weighted by molar-refractivity contribution is 6.06. The third-order valence-corrected chi connectivity index (χ3v) is 4.20. The fourth-order valence-electron chi connectivity index (χ4n) is 2.88. The molecular weight excluding hydrogens is 352 g/mol. The lowest BCUT2D eigenvalue weighted by Crippen LogP contribution is -2.27. The van der Waals surface area contributed by atoms with Crippen LogP contribution in [-0.2, 0) is 9.47 Å². The normalized spacial score (nSPS) is 15.7. The molecule has 0 spiro atoms. The Morgan fingerprint density at radius 2 is 1.67 bits per heavy atom. The van der Waals surface area contributed by atoms with Gasteiger partial charge in [0.25, 0.3) is 0 Å². The van der Waals surface area contributed by atoms with Crippen LogP contribution in [0.25, 0.3) is 0 Å². The van der Waals surface area contributed by atoms with Gasteiger partial charge >= 0.3 is 0 Å². The highest BCUT2D eigenvalue weighted by Crippen LogP contribution is 2.41. The monoisotopic (exact) mass is 374 g/mol. The van der Waals surface area contributed by atoms with Gasteiger partial charge in [-0.2, -0.15) is 0 Å². The maximum atomic E-state index is 13.2. The van der Waals surface area contributed by atoms with E-state index in [0.717, 1.165) is 11.3 Å². The van der Waals surface area contributed by atoms with E-state index < -0.39 is 5.92 Å². The summed E-state index contributed by atoms with van der Waals surface area (Å²) in [6, 6.07) is 10.7. The van der Waals surface area contributed by atoms with Crippen molar-refractivity contribution in [3.05, 3.63) is 47.5 Å². The second-order valence-electron chi connectivity index (χ2n) is 5.90. The Hall–Kier alpha value is -2.77. The van der Waals surface area contributed by atoms with Crippen LogP contribution in [0.4, 0.5) is 0 Å². The lowest BCUT2D eigenvalue weighted by molar-refractivity contribution is 0.0445. The number of hydrogen-bond acceptors (Lipinski definition) is 7. The summed E-state index contributed by atoms with van der Waals surface area (Å²) in [6.07, 6.45) is 0. The number of hydrogen-bond donors (Lipinski definition) is 0. The quantitative estimate of drug-likeness (QED) is 0.658. The predicted octanol–water partition coefficient (Wildman–Crippen LogP) is 3.02.